The number of anilines is 1. The van der Waals surface area contributed by atoms with Crippen LogP contribution in [0, 0.1) is 5.92 Å². The summed E-state index contributed by atoms with van der Waals surface area (Å²) in [6.07, 6.45) is 3.54. The van der Waals surface area contributed by atoms with Gasteiger partial charge in [0.1, 0.15) is 21.7 Å². The quantitative estimate of drug-likeness (QED) is 0.297. The molecule has 1 fully saturated rings. The lowest BCUT2D eigenvalue weighted by atomic mass is 10.0. The first-order valence-corrected chi connectivity index (χ1v) is 14.9. The van der Waals surface area contributed by atoms with Crippen molar-refractivity contribution in [3.8, 4) is 11.5 Å². The Hall–Kier alpha value is -3.54. The predicted octanol–water partition coefficient (Wildman–Crippen LogP) is 4.98. The molecule has 9 nitrogen and oxygen atoms in total. The van der Waals surface area contributed by atoms with E-state index in [0.29, 0.717) is 52.4 Å². The summed E-state index contributed by atoms with van der Waals surface area (Å²) in [6, 6.07) is 15.2. The van der Waals surface area contributed by atoms with Crippen molar-refractivity contribution >= 4 is 42.6 Å². The Morgan fingerprint density at radius 3 is 2.49 bits per heavy atom. The molecule has 1 aliphatic heterocycles. The standard InChI is InChI=1S/C28H30N4O5S2/c1-19-7-6-16-31(17-19)39(34,35)22-11-9-20(10-12-22)27(33)32(18-21-8-4-5-15-29-21)28-30-25-23(36-2)13-14-24(37-3)26(25)38-28/h4-5,8-15,19H,6-7,16-18H2,1-3H3. The maximum absolute atomic E-state index is 13.9. The minimum absolute atomic E-state index is 0.176. The van der Waals surface area contributed by atoms with Crippen LogP contribution in [0.15, 0.2) is 65.7 Å². The number of aromatic nitrogens is 2. The lowest BCUT2D eigenvalue weighted by Gasteiger charge is -2.30. The van der Waals surface area contributed by atoms with Crippen LogP contribution >= 0.6 is 11.3 Å². The molecule has 0 bridgehead atoms. The molecule has 2 aromatic carbocycles. The molecular formula is C28H30N4O5S2. The number of sulfonamides is 1. The minimum atomic E-state index is -3.63. The number of fused-ring (bicyclic) bond motifs is 1. The second-order valence-corrected chi connectivity index (χ2v) is 12.4. The van der Waals surface area contributed by atoms with Crippen LogP contribution in [0.4, 0.5) is 5.13 Å². The summed E-state index contributed by atoms with van der Waals surface area (Å²) < 4.78 is 39.7. The highest BCUT2D eigenvalue weighted by Gasteiger charge is 2.29. The summed E-state index contributed by atoms with van der Waals surface area (Å²) in [5, 5.41) is 0.447. The SMILES string of the molecule is COc1ccc(OC)c2sc(N(Cc3ccccn3)C(=O)c3ccc(S(=O)(=O)N4CCCC(C)C4)cc3)nc12. The average molecular weight is 567 g/mol. The number of thiazole rings is 1. The number of hydrogen-bond acceptors (Lipinski definition) is 8. The maximum atomic E-state index is 13.9. The summed E-state index contributed by atoms with van der Waals surface area (Å²) in [5.41, 5.74) is 1.62. The summed E-state index contributed by atoms with van der Waals surface area (Å²) in [7, 11) is -0.483. The van der Waals surface area contributed by atoms with E-state index in [9.17, 15) is 13.2 Å². The molecule has 1 aliphatic rings. The fourth-order valence-electron chi connectivity index (χ4n) is 4.71. The minimum Gasteiger partial charge on any atom is -0.495 e. The zero-order valence-electron chi connectivity index (χ0n) is 22.0. The molecule has 1 unspecified atom stereocenters. The predicted molar refractivity (Wildman–Crippen MR) is 151 cm³/mol. The van der Waals surface area contributed by atoms with Crippen LogP contribution in [0.2, 0.25) is 0 Å². The Labute approximate surface area is 232 Å². The van der Waals surface area contributed by atoms with E-state index in [0.717, 1.165) is 17.5 Å². The molecular weight excluding hydrogens is 536 g/mol. The number of hydrogen-bond donors (Lipinski definition) is 0. The van der Waals surface area contributed by atoms with Crippen LogP contribution in [-0.4, -0.2) is 55.9 Å². The lowest BCUT2D eigenvalue weighted by molar-refractivity contribution is 0.0984. The van der Waals surface area contributed by atoms with E-state index in [1.807, 2.05) is 18.2 Å². The highest BCUT2D eigenvalue weighted by molar-refractivity contribution is 7.89. The molecule has 0 N–H and O–H groups in total. The molecule has 5 rings (SSSR count). The Morgan fingerprint density at radius 2 is 1.82 bits per heavy atom. The van der Waals surface area contributed by atoms with Crippen molar-refractivity contribution in [1.82, 2.24) is 14.3 Å². The largest absolute Gasteiger partial charge is 0.495 e. The zero-order valence-corrected chi connectivity index (χ0v) is 23.7. The second kappa shape index (κ2) is 11.3. The zero-order chi connectivity index (χ0) is 27.6. The van der Waals surface area contributed by atoms with Crippen molar-refractivity contribution in [2.24, 2.45) is 5.92 Å². The van der Waals surface area contributed by atoms with Crippen molar-refractivity contribution in [2.45, 2.75) is 31.2 Å². The van der Waals surface area contributed by atoms with E-state index >= 15 is 0 Å². The maximum Gasteiger partial charge on any atom is 0.260 e. The van der Waals surface area contributed by atoms with Gasteiger partial charge < -0.3 is 9.47 Å². The number of piperidine rings is 1. The van der Waals surface area contributed by atoms with Crippen LogP contribution in [0.1, 0.15) is 35.8 Å². The van der Waals surface area contributed by atoms with Crippen LogP contribution in [0.25, 0.3) is 10.2 Å². The van der Waals surface area contributed by atoms with Gasteiger partial charge in [-0.2, -0.15) is 4.31 Å². The summed E-state index contributed by atoms with van der Waals surface area (Å²) in [6.45, 7) is 3.25. The molecule has 3 heterocycles. The van der Waals surface area contributed by atoms with Gasteiger partial charge in [0, 0.05) is 24.8 Å². The van der Waals surface area contributed by atoms with Crippen LogP contribution in [0.3, 0.4) is 0 Å². The Morgan fingerprint density at radius 1 is 1.08 bits per heavy atom. The van der Waals surface area contributed by atoms with Gasteiger partial charge in [0.25, 0.3) is 5.91 Å². The molecule has 1 saturated heterocycles. The first kappa shape index (κ1) is 27.0. The third-order valence-electron chi connectivity index (χ3n) is 6.78. The normalized spacial score (nSPS) is 16.2. The van der Waals surface area contributed by atoms with Gasteiger partial charge in [0.2, 0.25) is 10.0 Å². The topological polar surface area (TPSA) is 102 Å². The molecule has 0 spiro atoms. The molecule has 0 radical (unpaired) electrons. The van der Waals surface area contributed by atoms with E-state index in [4.69, 9.17) is 14.5 Å². The molecule has 0 saturated carbocycles. The van der Waals surface area contributed by atoms with Gasteiger partial charge in [0.15, 0.2) is 5.13 Å². The van der Waals surface area contributed by atoms with Gasteiger partial charge in [-0.3, -0.25) is 14.7 Å². The highest BCUT2D eigenvalue weighted by atomic mass is 32.2. The second-order valence-electron chi connectivity index (χ2n) is 9.49. The smallest absolute Gasteiger partial charge is 0.260 e. The van der Waals surface area contributed by atoms with Gasteiger partial charge in [-0.1, -0.05) is 24.3 Å². The number of carbonyl (C=O) groups is 1. The van der Waals surface area contributed by atoms with E-state index in [2.05, 4.69) is 11.9 Å². The molecule has 2 aromatic heterocycles. The lowest BCUT2D eigenvalue weighted by Crippen LogP contribution is -2.39. The number of methoxy groups -OCH3 is 2. The molecule has 4 aromatic rings. The van der Waals surface area contributed by atoms with Crippen molar-refractivity contribution in [3.05, 3.63) is 72.1 Å². The van der Waals surface area contributed by atoms with Crippen molar-refractivity contribution < 1.29 is 22.7 Å². The molecule has 0 aliphatic carbocycles. The van der Waals surface area contributed by atoms with Gasteiger partial charge in [-0.15, -0.1) is 0 Å². The van der Waals surface area contributed by atoms with Crippen LogP contribution < -0.4 is 14.4 Å². The Balaban J connectivity index is 1.50. The van der Waals surface area contributed by atoms with Crippen molar-refractivity contribution in [1.29, 1.82) is 0 Å². The van der Waals surface area contributed by atoms with Crippen LogP contribution in [-0.2, 0) is 16.6 Å². The number of nitrogens with zero attached hydrogens (tertiary/aromatic N) is 4. The van der Waals surface area contributed by atoms with Gasteiger partial charge >= 0.3 is 0 Å². The number of rotatable bonds is 8. The summed E-state index contributed by atoms with van der Waals surface area (Å²) in [5.74, 6) is 1.19. The first-order valence-electron chi connectivity index (χ1n) is 12.7. The highest BCUT2D eigenvalue weighted by Crippen LogP contribution is 2.40. The van der Waals surface area contributed by atoms with Crippen LogP contribution in [0.5, 0.6) is 11.5 Å². The number of amides is 1. The fourth-order valence-corrected chi connectivity index (χ4v) is 7.38. The van der Waals surface area contributed by atoms with Crippen molar-refractivity contribution in [3.63, 3.8) is 0 Å². The number of pyridine rings is 1. The Kier molecular flexibility index (Phi) is 7.83. The Bertz CT molecular complexity index is 1530. The van der Waals surface area contributed by atoms with Crippen molar-refractivity contribution in [2.75, 3.05) is 32.2 Å². The monoisotopic (exact) mass is 566 g/mol. The molecule has 1 amide bonds. The third-order valence-corrected chi connectivity index (χ3v) is 9.75. The van der Waals surface area contributed by atoms with E-state index in [-0.39, 0.29) is 17.3 Å². The molecule has 39 heavy (non-hydrogen) atoms. The van der Waals surface area contributed by atoms with E-state index in [1.54, 1.807) is 49.6 Å². The third kappa shape index (κ3) is 5.47. The summed E-state index contributed by atoms with van der Waals surface area (Å²) in [4.78, 5) is 24.7. The molecule has 1 atom stereocenters. The average Bonchev–Trinajstić information content (AvgIpc) is 3.41. The fraction of sp³-hybridized carbons (Fsp3) is 0.321. The summed E-state index contributed by atoms with van der Waals surface area (Å²) >= 11 is 1.31. The molecule has 204 valence electrons. The molecule has 11 heteroatoms. The first-order chi connectivity index (χ1) is 18.8. The number of ether oxygens (including phenoxy) is 2. The number of benzene rings is 2. The number of carbonyl (C=O) groups excluding carboxylic acids is 1. The van der Waals surface area contributed by atoms with E-state index < -0.39 is 10.0 Å². The van der Waals surface area contributed by atoms with E-state index in [1.165, 1.54) is 27.8 Å². The van der Waals surface area contributed by atoms with Gasteiger partial charge in [-0.25, -0.2) is 13.4 Å². The van der Waals surface area contributed by atoms with Gasteiger partial charge in [-0.05, 0) is 67.3 Å². The van der Waals surface area contributed by atoms with Gasteiger partial charge in [0.05, 0.1) is 31.4 Å².